The van der Waals surface area contributed by atoms with E-state index in [0.717, 1.165) is 18.2 Å². The fraction of sp³-hybridized carbons (Fsp3) is 0.458. The van der Waals surface area contributed by atoms with E-state index in [1.807, 2.05) is 18.7 Å². The second-order valence-corrected chi connectivity index (χ2v) is 9.57. The van der Waals surface area contributed by atoms with Gasteiger partial charge in [0.15, 0.2) is 17.2 Å². The average Bonchev–Trinajstić information content (AvgIpc) is 3.20. The molecule has 37 heavy (non-hydrogen) atoms. The summed E-state index contributed by atoms with van der Waals surface area (Å²) in [5.74, 6) is -2.35. The Morgan fingerprint density at radius 2 is 1.89 bits per heavy atom. The van der Waals surface area contributed by atoms with Crippen LogP contribution in [0.5, 0.6) is 5.75 Å². The van der Waals surface area contributed by atoms with E-state index in [4.69, 9.17) is 4.74 Å². The average molecular weight is 526 g/mol. The Morgan fingerprint density at radius 3 is 2.49 bits per heavy atom. The molecule has 1 amide bonds. The van der Waals surface area contributed by atoms with Gasteiger partial charge >= 0.3 is 6.36 Å². The molecule has 9 nitrogen and oxygen atoms in total. The number of hydrogen-bond acceptors (Lipinski definition) is 7. The van der Waals surface area contributed by atoms with Crippen LogP contribution in [0.1, 0.15) is 49.7 Å². The number of aromatic nitrogens is 3. The first-order valence-electron chi connectivity index (χ1n) is 11.5. The molecule has 2 aromatic heterocycles. The number of hydrogen-bond donors (Lipinski definition) is 2. The smallest absolute Gasteiger partial charge is 0.403 e. The number of amides is 1. The van der Waals surface area contributed by atoms with Gasteiger partial charge in [-0.05, 0) is 51.5 Å². The number of nitrogens with zero attached hydrogens (tertiary/aromatic N) is 4. The minimum atomic E-state index is -5.07. The Labute approximate surface area is 210 Å². The van der Waals surface area contributed by atoms with Crippen LogP contribution < -0.4 is 15.0 Å². The van der Waals surface area contributed by atoms with Gasteiger partial charge in [0, 0.05) is 19.3 Å². The van der Waals surface area contributed by atoms with Gasteiger partial charge in [0.2, 0.25) is 0 Å². The van der Waals surface area contributed by atoms with E-state index >= 15 is 0 Å². The summed E-state index contributed by atoms with van der Waals surface area (Å²) in [6.07, 6.45) is -2.10. The van der Waals surface area contributed by atoms with Gasteiger partial charge in [-0.2, -0.15) is 5.10 Å². The third-order valence-electron chi connectivity index (χ3n) is 5.84. The zero-order valence-corrected chi connectivity index (χ0v) is 20.6. The van der Waals surface area contributed by atoms with Crippen LogP contribution in [-0.4, -0.2) is 62.9 Å². The lowest BCUT2D eigenvalue weighted by atomic mass is 9.91. The number of aliphatic hydroxyl groups is 1. The van der Waals surface area contributed by atoms with Crippen molar-refractivity contribution >= 4 is 17.4 Å². The molecular weight excluding hydrogens is 498 g/mol. The molecule has 3 aromatic rings. The van der Waals surface area contributed by atoms with Crippen molar-refractivity contribution in [2.75, 3.05) is 18.0 Å². The molecule has 4 rings (SSSR count). The number of fused-ring (bicyclic) bond motifs is 1. The second-order valence-electron chi connectivity index (χ2n) is 9.57. The fourth-order valence-corrected chi connectivity index (χ4v) is 4.34. The van der Waals surface area contributed by atoms with Gasteiger partial charge in [0.05, 0.1) is 30.0 Å². The van der Waals surface area contributed by atoms with E-state index in [9.17, 15) is 27.5 Å². The van der Waals surface area contributed by atoms with Crippen LogP contribution in [0, 0.1) is 5.82 Å². The van der Waals surface area contributed by atoms with Gasteiger partial charge in [0.1, 0.15) is 11.4 Å². The summed E-state index contributed by atoms with van der Waals surface area (Å²) in [6, 6.07) is 3.29. The Morgan fingerprint density at radius 1 is 1.22 bits per heavy atom. The molecule has 0 radical (unpaired) electrons. The lowest BCUT2D eigenvalue weighted by molar-refractivity contribution is -0.275. The van der Waals surface area contributed by atoms with Crippen molar-refractivity contribution in [1.29, 1.82) is 0 Å². The zero-order chi connectivity index (χ0) is 27.1. The third kappa shape index (κ3) is 6.10. The van der Waals surface area contributed by atoms with Gasteiger partial charge < -0.3 is 24.8 Å². The summed E-state index contributed by atoms with van der Waals surface area (Å²) in [7, 11) is 0. The van der Waals surface area contributed by atoms with Gasteiger partial charge in [-0.15, -0.1) is 13.2 Å². The molecule has 3 atom stereocenters. The summed E-state index contributed by atoms with van der Waals surface area (Å²) in [5, 5.41) is 17.5. The lowest BCUT2D eigenvalue weighted by Crippen LogP contribution is -2.45. The maximum Gasteiger partial charge on any atom is 0.573 e. The molecular formula is C24H27F4N5O4. The largest absolute Gasteiger partial charge is 0.573 e. The molecule has 1 fully saturated rings. The number of nitrogens with one attached hydrogen (secondary N) is 1. The molecule has 0 unspecified atom stereocenters. The molecule has 0 saturated carbocycles. The second kappa shape index (κ2) is 9.78. The molecule has 1 aliphatic rings. The first-order valence-corrected chi connectivity index (χ1v) is 11.5. The summed E-state index contributed by atoms with van der Waals surface area (Å²) in [5.41, 5.74) is -1.22. The van der Waals surface area contributed by atoms with E-state index in [-0.39, 0.29) is 29.0 Å². The van der Waals surface area contributed by atoms with Crippen LogP contribution in [0.25, 0.3) is 5.65 Å². The summed E-state index contributed by atoms with van der Waals surface area (Å²) in [4.78, 5) is 19.9. The van der Waals surface area contributed by atoms with Crippen molar-refractivity contribution in [3.63, 3.8) is 0 Å². The summed E-state index contributed by atoms with van der Waals surface area (Å²) in [6.45, 7) is 7.90. The Hall–Kier alpha value is -3.45. The molecule has 0 aliphatic carbocycles. The summed E-state index contributed by atoms with van der Waals surface area (Å²) >= 11 is 0. The molecule has 2 N–H and O–H groups in total. The quantitative estimate of drug-likeness (QED) is 0.474. The maximum atomic E-state index is 14.4. The van der Waals surface area contributed by atoms with Crippen molar-refractivity contribution < 1.29 is 36.9 Å². The predicted octanol–water partition coefficient (Wildman–Crippen LogP) is 3.62. The highest BCUT2D eigenvalue weighted by Gasteiger charge is 2.35. The Balaban J connectivity index is 1.62. The minimum Gasteiger partial charge on any atom is -0.403 e. The predicted molar refractivity (Wildman–Crippen MR) is 125 cm³/mol. The normalized spacial score (nSPS) is 19.6. The molecule has 1 aliphatic heterocycles. The van der Waals surface area contributed by atoms with Crippen molar-refractivity contribution in [1.82, 2.24) is 19.9 Å². The van der Waals surface area contributed by atoms with Crippen molar-refractivity contribution in [3.05, 3.63) is 53.6 Å². The van der Waals surface area contributed by atoms with E-state index in [0.29, 0.717) is 18.9 Å². The zero-order valence-electron chi connectivity index (χ0n) is 20.6. The first kappa shape index (κ1) is 26.6. The molecule has 1 saturated heterocycles. The highest BCUT2D eigenvalue weighted by Crippen LogP contribution is 2.32. The lowest BCUT2D eigenvalue weighted by Gasteiger charge is -2.36. The number of carbonyl (C=O) groups excluding carboxylic acids is 1. The van der Waals surface area contributed by atoms with Crippen molar-refractivity contribution in [3.8, 4) is 5.75 Å². The van der Waals surface area contributed by atoms with E-state index in [1.54, 1.807) is 12.3 Å². The SMILES string of the molecule is C[C@H]1CN(c2ccn3ncc(C(=O)N[C@@H](c4ccc(OC(F)(F)F)c(F)c4)C(C)(C)O)c3n2)C[C@H](C)O1. The number of halogens is 4. The highest BCUT2D eigenvalue weighted by atomic mass is 19.4. The number of morpholine rings is 1. The molecule has 1 aromatic carbocycles. The van der Waals surface area contributed by atoms with Crippen LogP contribution >= 0.6 is 0 Å². The standard InChI is InChI=1S/C24H27F4N5O4/c1-13-11-32(12-14(2)36-13)19-7-8-33-21(30-19)16(10-29-33)22(34)31-20(23(3,4)35)15-5-6-18(17(25)9-15)37-24(26,27)28/h5-10,13-14,20,35H,11-12H2,1-4H3,(H,31,34)/t13-,14-,20-/m0/s1. The van der Waals surface area contributed by atoms with Gasteiger partial charge in [-0.25, -0.2) is 13.9 Å². The van der Waals surface area contributed by atoms with Crippen LogP contribution in [0.3, 0.4) is 0 Å². The van der Waals surface area contributed by atoms with Crippen LogP contribution in [-0.2, 0) is 4.74 Å². The molecule has 0 bridgehead atoms. The van der Waals surface area contributed by atoms with E-state index < -0.39 is 35.5 Å². The number of benzene rings is 1. The number of ether oxygens (including phenoxy) is 2. The topological polar surface area (TPSA) is 101 Å². The van der Waals surface area contributed by atoms with E-state index in [1.165, 1.54) is 24.6 Å². The van der Waals surface area contributed by atoms with Gasteiger partial charge in [-0.1, -0.05) is 6.07 Å². The molecule has 3 heterocycles. The maximum absolute atomic E-state index is 14.4. The fourth-order valence-electron chi connectivity index (χ4n) is 4.34. The van der Waals surface area contributed by atoms with Crippen LogP contribution in [0.4, 0.5) is 23.4 Å². The molecule has 13 heteroatoms. The van der Waals surface area contributed by atoms with E-state index in [2.05, 4.69) is 20.1 Å². The highest BCUT2D eigenvalue weighted by molar-refractivity contribution is 6.00. The first-order chi connectivity index (χ1) is 17.2. The summed E-state index contributed by atoms with van der Waals surface area (Å²) < 4.78 is 62.7. The number of anilines is 1. The van der Waals surface area contributed by atoms with Crippen LogP contribution in [0.15, 0.2) is 36.7 Å². The van der Waals surface area contributed by atoms with Gasteiger partial charge in [-0.3, -0.25) is 4.79 Å². The Kier molecular flexibility index (Phi) is 7.04. The number of rotatable bonds is 6. The minimum absolute atomic E-state index is 0.00434. The molecule has 200 valence electrons. The van der Waals surface area contributed by atoms with Crippen LogP contribution in [0.2, 0.25) is 0 Å². The van der Waals surface area contributed by atoms with Crippen molar-refractivity contribution in [2.45, 2.75) is 57.9 Å². The third-order valence-corrected chi connectivity index (χ3v) is 5.84. The van der Waals surface area contributed by atoms with Gasteiger partial charge in [0.25, 0.3) is 5.91 Å². The number of carbonyl (C=O) groups is 1. The molecule has 0 spiro atoms. The van der Waals surface area contributed by atoms with Crippen molar-refractivity contribution in [2.24, 2.45) is 0 Å². The Bertz CT molecular complexity index is 1280. The number of alkyl halides is 3. The monoisotopic (exact) mass is 525 g/mol.